The molecule has 0 heterocycles. The van der Waals surface area contributed by atoms with E-state index in [0.29, 0.717) is 25.9 Å². The van der Waals surface area contributed by atoms with Crippen LogP contribution in [0.2, 0.25) is 0 Å². The number of carbonyl (C=O) groups is 1. The molecule has 2 rings (SSSR count). The van der Waals surface area contributed by atoms with Gasteiger partial charge in [-0.05, 0) is 67.7 Å². The monoisotopic (exact) mass is 598 g/mol. The number of benzene rings is 2. The maximum Gasteiger partial charge on any atom is 0.325 e. The zero-order chi connectivity index (χ0) is 30.3. The third-order valence-electron chi connectivity index (χ3n) is 7.48. The van der Waals surface area contributed by atoms with Crippen molar-refractivity contribution in [3.63, 3.8) is 0 Å². The summed E-state index contributed by atoms with van der Waals surface area (Å²) in [5, 5.41) is 0. The van der Waals surface area contributed by atoms with Crippen LogP contribution in [0.5, 0.6) is 5.75 Å². The second-order valence-electron chi connectivity index (χ2n) is 11.7. The van der Waals surface area contributed by atoms with Crippen LogP contribution in [0, 0.1) is 5.92 Å². The van der Waals surface area contributed by atoms with Crippen molar-refractivity contribution in [2.75, 3.05) is 13.3 Å². The van der Waals surface area contributed by atoms with Gasteiger partial charge in [0.25, 0.3) is 0 Å². The average molecular weight is 599 g/mol. The van der Waals surface area contributed by atoms with Gasteiger partial charge in [0.05, 0.1) is 6.61 Å². The highest BCUT2D eigenvalue weighted by Crippen LogP contribution is 2.37. The Morgan fingerprint density at radius 1 is 0.810 bits per heavy atom. The molecular weight excluding hydrogens is 543 g/mol. The van der Waals surface area contributed by atoms with E-state index in [-0.39, 0.29) is 18.3 Å². The first kappa shape index (κ1) is 36.0. The van der Waals surface area contributed by atoms with Gasteiger partial charge in [-0.15, -0.1) is 0 Å². The molecule has 2 atom stereocenters. The van der Waals surface area contributed by atoms with Crippen molar-refractivity contribution in [3.8, 4) is 5.75 Å². The average Bonchev–Trinajstić information content (AvgIpc) is 2.97. The highest BCUT2D eigenvalue weighted by molar-refractivity contribution is 7.51. The summed E-state index contributed by atoms with van der Waals surface area (Å²) < 4.78 is 22.9. The zero-order valence-electron chi connectivity index (χ0n) is 26.2. The van der Waals surface area contributed by atoms with Crippen molar-refractivity contribution in [1.29, 1.82) is 0 Å². The summed E-state index contributed by atoms with van der Waals surface area (Å²) >= 11 is 0. The standard InChI is InChI=1S/C36H55O5P/c1-3-4-5-6-7-8-9-10-11-12-13-14-15-16-20-23-35(37)29-34(31-41-42(2,38)39)28-32-24-26-36(27-25-32)40-30-33-21-18-17-19-22-33/h10-11,17-19,21-22,24-27,34H,3-9,12-16,20,23,28-31H2,1-2H3,(H,38,39)/b11-10-/t34-/m1/s1. The lowest BCUT2D eigenvalue weighted by Gasteiger charge is -2.18. The van der Waals surface area contributed by atoms with Crippen LogP contribution in [-0.2, 0) is 26.9 Å². The Hall–Kier alpha value is -2.20. The molecule has 5 nitrogen and oxygen atoms in total. The van der Waals surface area contributed by atoms with E-state index < -0.39 is 7.60 Å². The number of allylic oxidation sites excluding steroid dienone is 2. The van der Waals surface area contributed by atoms with Crippen LogP contribution in [0.25, 0.3) is 0 Å². The molecule has 0 aliphatic carbocycles. The number of ketones is 1. The molecule has 2 aromatic rings. The van der Waals surface area contributed by atoms with E-state index in [0.717, 1.165) is 42.6 Å². The van der Waals surface area contributed by atoms with Gasteiger partial charge in [0.1, 0.15) is 18.1 Å². The smallest absolute Gasteiger partial charge is 0.325 e. The van der Waals surface area contributed by atoms with Crippen LogP contribution in [0.4, 0.5) is 0 Å². The van der Waals surface area contributed by atoms with Crippen LogP contribution in [-0.4, -0.2) is 23.9 Å². The van der Waals surface area contributed by atoms with Crippen molar-refractivity contribution in [2.24, 2.45) is 5.92 Å². The van der Waals surface area contributed by atoms with Crippen molar-refractivity contribution in [1.82, 2.24) is 0 Å². The summed E-state index contributed by atoms with van der Waals surface area (Å²) in [6.45, 7) is 4.05. The molecule has 0 spiro atoms. The predicted molar refractivity (Wildman–Crippen MR) is 175 cm³/mol. The number of unbranched alkanes of at least 4 members (excludes halogenated alkanes) is 11. The third kappa shape index (κ3) is 19.1. The first-order chi connectivity index (χ1) is 20.4. The van der Waals surface area contributed by atoms with Crippen molar-refractivity contribution < 1.29 is 23.5 Å². The first-order valence-corrected chi connectivity index (χ1v) is 18.3. The number of Topliss-reactive ketones (excluding diaryl/α,β-unsaturated/α-hetero) is 1. The predicted octanol–water partition coefficient (Wildman–Crippen LogP) is 10.3. The van der Waals surface area contributed by atoms with E-state index in [1.165, 1.54) is 64.5 Å². The normalized spacial score (nSPS) is 13.7. The fraction of sp³-hybridized carbons (Fsp3) is 0.583. The molecule has 0 aliphatic rings. The van der Waals surface area contributed by atoms with Crippen molar-refractivity contribution >= 4 is 13.4 Å². The molecule has 42 heavy (non-hydrogen) atoms. The zero-order valence-corrected chi connectivity index (χ0v) is 27.1. The molecule has 0 radical (unpaired) electrons. The van der Waals surface area contributed by atoms with Crippen LogP contribution < -0.4 is 4.74 Å². The lowest BCUT2D eigenvalue weighted by Crippen LogP contribution is -2.17. The quantitative estimate of drug-likeness (QED) is 0.0699. The molecular formula is C36H55O5P. The van der Waals surface area contributed by atoms with Crippen molar-refractivity contribution in [2.45, 2.75) is 116 Å². The second-order valence-corrected chi connectivity index (χ2v) is 13.5. The molecule has 0 aliphatic heterocycles. The molecule has 0 fully saturated rings. The third-order valence-corrected chi connectivity index (χ3v) is 8.11. The summed E-state index contributed by atoms with van der Waals surface area (Å²) in [4.78, 5) is 22.4. The Morgan fingerprint density at radius 2 is 1.40 bits per heavy atom. The number of rotatable bonds is 25. The van der Waals surface area contributed by atoms with E-state index in [1.54, 1.807) is 0 Å². The van der Waals surface area contributed by atoms with Gasteiger partial charge in [0.15, 0.2) is 0 Å². The molecule has 6 heteroatoms. The fourth-order valence-corrected chi connectivity index (χ4v) is 5.53. The van der Waals surface area contributed by atoms with Crippen LogP contribution in [0.3, 0.4) is 0 Å². The Kier molecular flexibility index (Phi) is 19.2. The van der Waals surface area contributed by atoms with E-state index >= 15 is 0 Å². The molecule has 1 N–H and O–H groups in total. The SMILES string of the molecule is CCCCCCCC/C=C\CCCCCCCC(=O)C[C@H](COP(C)(=O)O)Cc1ccc(OCc2ccccc2)cc1. The minimum absolute atomic E-state index is 0.0919. The van der Waals surface area contributed by atoms with Gasteiger partial charge in [0.2, 0.25) is 0 Å². The molecule has 0 saturated heterocycles. The highest BCUT2D eigenvalue weighted by Gasteiger charge is 2.19. The summed E-state index contributed by atoms with van der Waals surface area (Å²) in [7, 11) is -3.60. The number of carbonyl (C=O) groups excluding carboxylic acids is 1. The van der Waals surface area contributed by atoms with Crippen LogP contribution in [0.15, 0.2) is 66.7 Å². The van der Waals surface area contributed by atoms with Gasteiger partial charge in [0, 0.05) is 19.5 Å². The maximum atomic E-state index is 12.8. The minimum atomic E-state index is -3.60. The summed E-state index contributed by atoms with van der Waals surface area (Å²) in [5.41, 5.74) is 2.16. The molecule has 2 aromatic carbocycles. The van der Waals surface area contributed by atoms with E-state index in [4.69, 9.17) is 9.26 Å². The Morgan fingerprint density at radius 3 is 2.02 bits per heavy atom. The molecule has 0 saturated carbocycles. The lowest BCUT2D eigenvalue weighted by molar-refractivity contribution is -0.120. The maximum absolute atomic E-state index is 12.8. The number of hydrogen-bond donors (Lipinski definition) is 1. The van der Waals surface area contributed by atoms with E-state index in [1.807, 2.05) is 54.6 Å². The van der Waals surface area contributed by atoms with E-state index in [2.05, 4.69) is 19.1 Å². The first-order valence-electron chi connectivity index (χ1n) is 16.2. The van der Waals surface area contributed by atoms with Gasteiger partial charge in [-0.2, -0.15) is 0 Å². The second kappa shape index (κ2) is 22.4. The molecule has 0 aromatic heterocycles. The van der Waals surface area contributed by atoms with Crippen LogP contribution in [0.1, 0.15) is 114 Å². The minimum Gasteiger partial charge on any atom is -0.489 e. The highest BCUT2D eigenvalue weighted by atomic mass is 31.2. The molecule has 1 unspecified atom stereocenters. The lowest BCUT2D eigenvalue weighted by atomic mass is 9.93. The van der Waals surface area contributed by atoms with Gasteiger partial charge in [-0.1, -0.05) is 113 Å². The Bertz CT molecular complexity index is 1030. The number of ether oxygens (including phenoxy) is 1. The molecule has 234 valence electrons. The van der Waals surface area contributed by atoms with Crippen molar-refractivity contribution in [3.05, 3.63) is 77.9 Å². The van der Waals surface area contributed by atoms with Gasteiger partial charge < -0.3 is 14.2 Å². The summed E-state index contributed by atoms with van der Waals surface area (Å²) in [6.07, 6.45) is 22.2. The number of hydrogen-bond acceptors (Lipinski definition) is 4. The topological polar surface area (TPSA) is 72.8 Å². The van der Waals surface area contributed by atoms with Gasteiger partial charge in [-0.25, -0.2) is 0 Å². The van der Waals surface area contributed by atoms with Gasteiger partial charge >= 0.3 is 7.60 Å². The van der Waals surface area contributed by atoms with E-state index in [9.17, 15) is 14.3 Å². The molecule has 0 bridgehead atoms. The summed E-state index contributed by atoms with van der Waals surface area (Å²) in [6, 6.07) is 17.9. The molecule has 0 amide bonds. The Balaban J connectivity index is 1.63. The Labute approximate surface area is 255 Å². The fourth-order valence-electron chi connectivity index (χ4n) is 5.05. The van der Waals surface area contributed by atoms with Gasteiger partial charge in [-0.3, -0.25) is 9.36 Å². The summed E-state index contributed by atoms with van der Waals surface area (Å²) in [5.74, 6) is 0.842. The largest absolute Gasteiger partial charge is 0.489 e. The van der Waals surface area contributed by atoms with Crippen LogP contribution >= 0.6 is 7.60 Å².